The van der Waals surface area contributed by atoms with Gasteiger partial charge in [0.2, 0.25) is 11.8 Å². The fourth-order valence-corrected chi connectivity index (χ4v) is 5.03. The molecule has 2 unspecified atom stereocenters. The van der Waals surface area contributed by atoms with Crippen LogP contribution in [0.25, 0.3) is 11.1 Å². The Hall–Kier alpha value is -3.85. The Balaban J connectivity index is 1.21. The Morgan fingerprint density at radius 3 is 2.64 bits per heavy atom. The normalized spacial score (nSPS) is 18.5. The lowest BCUT2D eigenvalue weighted by atomic mass is 9.86. The molecule has 2 amide bonds. The van der Waals surface area contributed by atoms with Gasteiger partial charge in [-0.2, -0.15) is 5.10 Å². The molecule has 1 aromatic carbocycles. The molecule has 2 fully saturated rings. The number of rotatable bonds is 10. The molecular weight excluding hydrogens is 495 g/mol. The van der Waals surface area contributed by atoms with Crippen LogP contribution < -0.4 is 10.6 Å². The fourth-order valence-electron chi connectivity index (χ4n) is 5.03. The number of nitrogens with one attached hydrogen (secondary N) is 3. The van der Waals surface area contributed by atoms with Gasteiger partial charge in [0, 0.05) is 55.1 Å². The number of nitrogens with zero attached hydrogens (tertiary/aromatic N) is 3. The van der Waals surface area contributed by atoms with E-state index in [1.165, 1.54) is 6.08 Å². The summed E-state index contributed by atoms with van der Waals surface area (Å²) in [5, 5.41) is 13.0. The van der Waals surface area contributed by atoms with Crippen molar-refractivity contribution in [3.8, 4) is 11.1 Å². The lowest BCUT2D eigenvalue weighted by Crippen LogP contribution is -2.25. The number of aromatic amines is 1. The highest BCUT2D eigenvalue weighted by molar-refractivity contribution is 5.98. The third-order valence-corrected chi connectivity index (χ3v) is 7.26. The van der Waals surface area contributed by atoms with E-state index < -0.39 is 6.17 Å². The third kappa shape index (κ3) is 6.97. The van der Waals surface area contributed by atoms with Crippen molar-refractivity contribution in [2.45, 2.75) is 51.1 Å². The van der Waals surface area contributed by atoms with Gasteiger partial charge in [-0.3, -0.25) is 19.6 Å². The van der Waals surface area contributed by atoms with Crippen LogP contribution in [0.1, 0.15) is 56.2 Å². The van der Waals surface area contributed by atoms with Gasteiger partial charge < -0.3 is 10.6 Å². The predicted molar refractivity (Wildman–Crippen MR) is 150 cm³/mol. The van der Waals surface area contributed by atoms with Crippen LogP contribution in [-0.2, 0) is 9.59 Å². The summed E-state index contributed by atoms with van der Waals surface area (Å²) in [5.74, 6) is 0.908. The van der Waals surface area contributed by atoms with Crippen LogP contribution in [0.4, 0.5) is 16.0 Å². The third-order valence-electron chi connectivity index (χ3n) is 7.26. The van der Waals surface area contributed by atoms with Crippen LogP contribution in [0.3, 0.4) is 0 Å². The standard InChI is InChI=1S/C30H35FN6O2/c1-19(2)29(30(39)34-27-16-25(35-36-27)20-8-9-20)22-6-3-5-21(15-22)23-10-11-26(32-17-23)33-28(38)7-4-13-37-14-12-24(31)18-37/h3-7,10-11,15-17,19-20,24,29H,8-9,12-14,18H2,1-2H3,(H,32,33,38)(H2,34,35,36,39)/b7-4+. The average molecular weight is 531 g/mol. The van der Waals surface area contributed by atoms with Crippen molar-refractivity contribution >= 4 is 23.5 Å². The minimum atomic E-state index is -0.772. The quantitative estimate of drug-likeness (QED) is 0.310. The molecule has 39 heavy (non-hydrogen) atoms. The zero-order chi connectivity index (χ0) is 27.4. The summed E-state index contributed by atoms with van der Waals surface area (Å²) in [4.78, 5) is 31.9. The average Bonchev–Trinajstić information content (AvgIpc) is 3.52. The molecule has 1 aliphatic carbocycles. The SMILES string of the molecule is CC(C)C(C(=O)Nc1cc(C2CC2)[nH]n1)c1cccc(-c2ccc(NC(=O)/C=C/CN3CCC(F)C3)nc2)c1. The maximum Gasteiger partial charge on any atom is 0.249 e. The van der Waals surface area contributed by atoms with Gasteiger partial charge in [0.15, 0.2) is 5.82 Å². The van der Waals surface area contributed by atoms with Gasteiger partial charge in [0.25, 0.3) is 0 Å². The smallest absolute Gasteiger partial charge is 0.249 e. The fraction of sp³-hybridized carbons (Fsp3) is 0.400. The van der Waals surface area contributed by atoms with Gasteiger partial charge in [0.1, 0.15) is 12.0 Å². The monoisotopic (exact) mass is 530 g/mol. The van der Waals surface area contributed by atoms with E-state index in [9.17, 15) is 14.0 Å². The highest BCUT2D eigenvalue weighted by Gasteiger charge is 2.28. The van der Waals surface area contributed by atoms with E-state index >= 15 is 0 Å². The van der Waals surface area contributed by atoms with E-state index in [4.69, 9.17) is 0 Å². The van der Waals surface area contributed by atoms with Crippen molar-refractivity contribution in [1.82, 2.24) is 20.1 Å². The number of halogens is 1. The van der Waals surface area contributed by atoms with E-state index in [-0.39, 0.29) is 23.7 Å². The molecule has 1 aliphatic heterocycles. The van der Waals surface area contributed by atoms with Crippen molar-refractivity contribution in [1.29, 1.82) is 0 Å². The van der Waals surface area contributed by atoms with Crippen molar-refractivity contribution in [3.05, 3.63) is 72.1 Å². The summed E-state index contributed by atoms with van der Waals surface area (Å²) in [7, 11) is 0. The molecule has 8 nitrogen and oxygen atoms in total. The van der Waals surface area contributed by atoms with E-state index in [2.05, 4.69) is 25.8 Å². The summed E-state index contributed by atoms with van der Waals surface area (Å²) < 4.78 is 13.3. The first-order valence-electron chi connectivity index (χ1n) is 13.6. The number of amides is 2. The zero-order valence-electron chi connectivity index (χ0n) is 22.4. The molecule has 5 rings (SSSR count). The molecule has 1 saturated heterocycles. The van der Waals surface area contributed by atoms with E-state index in [0.29, 0.717) is 43.6 Å². The Bertz CT molecular complexity index is 1330. The highest BCUT2D eigenvalue weighted by atomic mass is 19.1. The first-order valence-corrected chi connectivity index (χ1v) is 13.6. The van der Waals surface area contributed by atoms with Crippen LogP contribution in [-0.4, -0.2) is 57.7 Å². The Morgan fingerprint density at radius 2 is 1.95 bits per heavy atom. The Labute approximate surface area is 228 Å². The summed E-state index contributed by atoms with van der Waals surface area (Å²) in [6, 6.07) is 13.5. The van der Waals surface area contributed by atoms with Crippen molar-refractivity contribution < 1.29 is 14.0 Å². The Morgan fingerprint density at radius 1 is 1.10 bits per heavy atom. The predicted octanol–water partition coefficient (Wildman–Crippen LogP) is 5.27. The van der Waals surface area contributed by atoms with Crippen molar-refractivity contribution in [2.24, 2.45) is 5.92 Å². The number of anilines is 2. The summed E-state index contributed by atoms with van der Waals surface area (Å²) in [6.07, 6.45) is 7.01. The second-order valence-electron chi connectivity index (χ2n) is 10.8. The number of likely N-dealkylation sites (tertiary alicyclic amines) is 1. The van der Waals surface area contributed by atoms with E-state index in [0.717, 1.165) is 35.2 Å². The van der Waals surface area contributed by atoms with Gasteiger partial charge in [-0.05, 0) is 48.4 Å². The topological polar surface area (TPSA) is 103 Å². The Kier molecular flexibility index (Phi) is 8.16. The van der Waals surface area contributed by atoms with Gasteiger partial charge >= 0.3 is 0 Å². The summed E-state index contributed by atoms with van der Waals surface area (Å²) in [6.45, 7) is 5.76. The number of carbonyl (C=O) groups excluding carboxylic acids is 2. The minimum absolute atomic E-state index is 0.0785. The zero-order valence-corrected chi connectivity index (χ0v) is 22.4. The second-order valence-corrected chi connectivity index (χ2v) is 10.8. The molecule has 3 N–H and O–H groups in total. The van der Waals surface area contributed by atoms with Gasteiger partial charge in [-0.25, -0.2) is 9.37 Å². The van der Waals surface area contributed by atoms with Gasteiger partial charge in [0.05, 0.1) is 5.92 Å². The summed E-state index contributed by atoms with van der Waals surface area (Å²) >= 11 is 0. The lowest BCUT2D eigenvalue weighted by Gasteiger charge is -2.21. The maximum atomic E-state index is 13.3. The second kappa shape index (κ2) is 11.9. The first kappa shape index (κ1) is 26.7. The molecule has 2 aliphatic rings. The maximum absolute atomic E-state index is 13.3. The number of alkyl halides is 1. The molecule has 9 heteroatoms. The highest BCUT2D eigenvalue weighted by Crippen LogP contribution is 2.39. The van der Waals surface area contributed by atoms with Crippen LogP contribution >= 0.6 is 0 Å². The van der Waals surface area contributed by atoms with E-state index in [1.807, 2.05) is 55.1 Å². The molecule has 1 saturated carbocycles. The van der Waals surface area contributed by atoms with Crippen LogP contribution in [0.5, 0.6) is 0 Å². The molecule has 3 aromatic rings. The molecule has 0 radical (unpaired) electrons. The number of hydrogen-bond acceptors (Lipinski definition) is 5. The molecular formula is C30H35FN6O2. The van der Waals surface area contributed by atoms with Crippen LogP contribution in [0.2, 0.25) is 0 Å². The number of pyridine rings is 1. The van der Waals surface area contributed by atoms with Crippen LogP contribution in [0.15, 0.2) is 60.8 Å². The number of carbonyl (C=O) groups is 2. The number of hydrogen-bond donors (Lipinski definition) is 3. The molecule has 0 bridgehead atoms. The molecule has 3 heterocycles. The van der Waals surface area contributed by atoms with Gasteiger partial charge in [-0.1, -0.05) is 44.2 Å². The number of aromatic nitrogens is 3. The first-order chi connectivity index (χ1) is 18.9. The van der Waals surface area contributed by atoms with Crippen LogP contribution in [0, 0.1) is 5.92 Å². The number of benzene rings is 1. The lowest BCUT2D eigenvalue weighted by molar-refractivity contribution is -0.118. The minimum Gasteiger partial charge on any atom is -0.309 e. The van der Waals surface area contributed by atoms with Crippen molar-refractivity contribution in [3.63, 3.8) is 0 Å². The molecule has 0 spiro atoms. The molecule has 2 aromatic heterocycles. The number of H-pyrrole nitrogens is 1. The van der Waals surface area contributed by atoms with E-state index in [1.54, 1.807) is 18.3 Å². The van der Waals surface area contributed by atoms with Crippen molar-refractivity contribution in [2.75, 3.05) is 30.3 Å². The molecule has 2 atom stereocenters. The summed E-state index contributed by atoms with van der Waals surface area (Å²) in [5.41, 5.74) is 3.81. The molecule has 204 valence electrons. The largest absolute Gasteiger partial charge is 0.309 e. The van der Waals surface area contributed by atoms with Gasteiger partial charge in [-0.15, -0.1) is 0 Å².